The molecule has 0 unspecified atom stereocenters. The first-order valence-electron chi connectivity index (χ1n) is 7.34. The number of aromatic nitrogens is 3. The maximum atomic E-state index is 5.94. The van der Waals surface area contributed by atoms with Crippen molar-refractivity contribution in [3.05, 3.63) is 53.9 Å². The lowest BCUT2D eigenvalue weighted by atomic mass is 10.2. The zero-order valence-corrected chi connectivity index (χ0v) is 13.2. The molecule has 7 heteroatoms. The Kier molecular flexibility index (Phi) is 2.92. The van der Waals surface area contributed by atoms with Gasteiger partial charge >= 0.3 is 6.01 Å². The second-order valence-corrected chi connectivity index (χ2v) is 6.04. The van der Waals surface area contributed by atoms with Crippen molar-refractivity contribution in [2.45, 2.75) is 0 Å². The zero-order valence-electron chi connectivity index (χ0n) is 12.4. The molecule has 0 amide bonds. The van der Waals surface area contributed by atoms with E-state index in [0.29, 0.717) is 23.3 Å². The van der Waals surface area contributed by atoms with Crippen LogP contribution in [0.1, 0.15) is 0 Å². The number of hydrogen-bond donors (Lipinski definition) is 0. The number of benzene rings is 2. The molecule has 3 heterocycles. The molecule has 0 atom stereocenters. The van der Waals surface area contributed by atoms with E-state index in [1.165, 1.54) is 11.3 Å². The third kappa shape index (κ3) is 2.10. The van der Waals surface area contributed by atoms with Gasteiger partial charge in [0.1, 0.15) is 5.75 Å². The molecule has 1 aliphatic rings. The summed E-state index contributed by atoms with van der Waals surface area (Å²) in [5.41, 5.74) is 2.08. The van der Waals surface area contributed by atoms with E-state index in [2.05, 4.69) is 10.2 Å². The van der Waals surface area contributed by atoms with Gasteiger partial charge in [0.25, 0.3) is 0 Å². The molecule has 0 bridgehead atoms. The SMILES string of the molecule is c1ccc(-c2csc3nnc(Oc4ccc5c(c4)OCO5)n23)cc1. The molecule has 0 aliphatic carbocycles. The molecule has 2 aromatic heterocycles. The van der Waals surface area contributed by atoms with Crippen molar-refractivity contribution >= 4 is 16.3 Å². The topological polar surface area (TPSA) is 57.9 Å². The van der Waals surface area contributed by atoms with Gasteiger partial charge in [-0.25, -0.2) is 4.40 Å². The number of fused-ring (bicyclic) bond motifs is 2. The second kappa shape index (κ2) is 5.24. The van der Waals surface area contributed by atoms with Crippen molar-refractivity contribution in [1.82, 2.24) is 14.6 Å². The molecule has 0 saturated heterocycles. The van der Waals surface area contributed by atoms with Crippen molar-refractivity contribution < 1.29 is 14.2 Å². The number of hydrogen-bond acceptors (Lipinski definition) is 6. The molecule has 5 rings (SSSR count). The van der Waals surface area contributed by atoms with Gasteiger partial charge in [0.2, 0.25) is 11.8 Å². The van der Waals surface area contributed by atoms with Gasteiger partial charge in [-0.1, -0.05) is 35.4 Å². The Balaban J connectivity index is 1.57. The number of thiazole rings is 1. The quantitative estimate of drug-likeness (QED) is 0.566. The molecule has 24 heavy (non-hydrogen) atoms. The van der Waals surface area contributed by atoms with Crippen LogP contribution in [-0.2, 0) is 0 Å². The molecule has 0 saturated carbocycles. The Labute approximate surface area is 140 Å². The first kappa shape index (κ1) is 13.4. The summed E-state index contributed by atoms with van der Waals surface area (Å²) < 4.78 is 18.5. The lowest BCUT2D eigenvalue weighted by Crippen LogP contribution is -1.93. The Hall–Kier alpha value is -3.06. The summed E-state index contributed by atoms with van der Waals surface area (Å²) >= 11 is 1.52. The average Bonchev–Trinajstić information content (AvgIpc) is 3.32. The van der Waals surface area contributed by atoms with Crippen LogP contribution in [0.3, 0.4) is 0 Å². The largest absolute Gasteiger partial charge is 0.454 e. The predicted molar refractivity (Wildman–Crippen MR) is 88.9 cm³/mol. The Morgan fingerprint density at radius 3 is 2.79 bits per heavy atom. The first-order chi connectivity index (χ1) is 11.9. The fourth-order valence-corrected chi connectivity index (χ4v) is 3.45. The summed E-state index contributed by atoms with van der Waals surface area (Å²) in [7, 11) is 0. The highest BCUT2D eigenvalue weighted by atomic mass is 32.1. The van der Waals surface area contributed by atoms with Crippen LogP contribution in [0.25, 0.3) is 16.2 Å². The minimum atomic E-state index is 0.233. The molecular formula is C17H11N3O3S. The van der Waals surface area contributed by atoms with E-state index in [9.17, 15) is 0 Å². The molecule has 0 fully saturated rings. The van der Waals surface area contributed by atoms with E-state index in [0.717, 1.165) is 16.2 Å². The molecule has 0 spiro atoms. The fourth-order valence-electron chi connectivity index (χ4n) is 2.62. The van der Waals surface area contributed by atoms with Gasteiger partial charge in [0.15, 0.2) is 11.5 Å². The molecule has 0 N–H and O–H groups in total. The van der Waals surface area contributed by atoms with Crippen LogP contribution in [0.5, 0.6) is 23.3 Å². The molecule has 0 radical (unpaired) electrons. The predicted octanol–water partition coefficient (Wildman–Crippen LogP) is 3.98. The van der Waals surface area contributed by atoms with E-state index in [1.54, 1.807) is 6.07 Å². The van der Waals surface area contributed by atoms with E-state index in [1.807, 2.05) is 52.2 Å². The van der Waals surface area contributed by atoms with E-state index in [-0.39, 0.29) is 6.79 Å². The molecular weight excluding hydrogens is 326 g/mol. The summed E-state index contributed by atoms with van der Waals surface area (Å²) in [6, 6.07) is 15.9. The van der Waals surface area contributed by atoms with Gasteiger partial charge in [-0.05, 0) is 17.7 Å². The van der Waals surface area contributed by atoms with E-state index < -0.39 is 0 Å². The number of rotatable bonds is 3. The van der Waals surface area contributed by atoms with Crippen LogP contribution in [0.15, 0.2) is 53.9 Å². The van der Waals surface area contributed by atoms with E-state index in [4.69, 9.17) is 14.2 Å². The second-order valence-electron chi connectivity index (χ2n) is 5.20. The van der Waals surface area contributed by atoms with Crippen molar-refractivity contribution in [2.75, 3.05) is 6.79 Å². The van der Waals surface area contributed by atoms with Gasteiger partial charge < -0.3 is 14.2 Å². The Morgan fingerprint density at radius 2 is 1.88 bits per heavy atom. The lowest BCUT2D eigenvalue weighted by molar-refractivity contribution is 0.174. The fraction of sp³-hybridized carbons (Fsp3) is 0.0588. The van der Waals surface area contributed by atoms with Crippen LogP contribution in [0.2, 0.25) is 0 Å². The molecule has 6 nitrogen and oxygen atoms in total. The van der Waals surface area contributed by atoms with Gasteiger partial charge in [-0.3, -0.25) is 0 Å². The monoisotopic (exact) mass is 337 g/mol. The van der Waals surface area contributed by atoms with Gasteiger partial charge in [0, 0.05) is 11.4 Å². The summed E-state index contributed by atoms with van der Waals surface area (Å²) in [5, 5.41) is 10.4. The first-order valence-corrected chi connectivity index (χ1v) is 8.22. The average molecular weight is 337 g/mol. The summed E-state index contributed by atoms with van der Waals surface area (Å²) in [4.78, 5) is 0.782. The Morgan fingerprint density at radius 1 is 1.00 bits per heavy atom. The summed E-state index contributed by atoms with van der Waals surface area (Å²) in [5.74, 6) is 2.01. The van der Waals surface area contributed by atoms with Crippen LogP contribution in [0.4, 0.5) is 0 Å². The highest BCUT2D eigenvalue weighted by Crippen LogP contribution is 2.37. The minimum absolute atomic E-state index is 0.233. The number of ether oxygens (including phenoxy) is 3. The minimum Gasteiger partial charge on any atom is -0.454 e. The maximum Gasteiger partial charge on any atom is 0.328 e. The van der Waals surface area contributed by atoms with Gasteiger partial charge in [-0.15, -0.1) is 16.4 Å². The maximum absolute atomic E-state index is 5.94. The lowest BCUT2D eigenvalue weighted by Gasteiger charge is -2.06. The normalized spacial score (nSPS) is 12.7. The summed E-state index contributed by atoms with van der Waals surface area (Å²) in [6.45, 7) is 0.233. The third-order valence-corrected chi connectivity index (χ3v) is 4.56. The van der Waals surface area contributed by atoms with Gasteiger partial charge in [-0.2, -0.15) is 0 Å². The molecule has 4 aromatic rings. The van der Waals surface area contributed by atoms with Crippen molar-refractivity contribution in [2.24, 2.45) is 0 Å². The van der Waals surface area contributed by atoms with Crippen molar-refractivity contribution in [1.29, 1.82) is 0 Å². The van der Waals surface area contributed by atoms with Gasteiger partial charge in [0.05, 0.1) is 5.69 Å². The number of nitrogens with zero attached hydrogens (tertiary/aromatic N) is 3. The van der Waals surface area contributed by atoms with E-state index >= 15 is 0 Å². The van der Waals surface area contributed by atoms with Crippen molar-refractivity contribution in [3.63, 3.8) is 0 Å². The van der Waals surface area contributed by atoms with Crippen LogP contribution in [-0.4, -0.2) is 21.4 Å². The smallest absolute Gasteiger partial charge is 0.328 e. The highest BCUT2D eigenvalue weighted by Gasteiger charge is 2.18. The molecule has 1 aliphatic heterocycles. The molecule has 118 valence electrons. The summed E-state index contributed by atoms with van der Waals surface area (Å²) in [6.07, 6.45) is 0. The zero-order chi connectivity index (χ0) is 15.9. The Bertz CT molecular complexity index is 1030. The highest BCUT2D eigenvalue weighted by molar-refractivity contribution is 7.15. The van der Waals surface area contributed by atoms with Crippen LogP contribution < -0.4 is 14.2 Å². The third-order valence-electron chi connectivity index (χ3n) is 3.74. The standard InChI is InChI=1S/C17H11N3O3S/c1-2-4-11(5-3-1)13-9-24-17-19-18-16(20(13)17)23-12-6-7-14-15(8-12)22-10-21-14/h1-9H,10H2. The van der Waals surface area contributed by atoms with Crippen molar-refractivity contribution in [3.8, 4) is 34.5 Å². The molecule has 2 aromatic carbocycles. The van der Waals surface area contributed by atoms with Crippen LogP contribution >= 0.6 is 11.3 Å². The van der Waals surface area contributed by atoms with Crippen LogP contribution in [0, 0.1) is 0 Å².